The van der Waals surface area contributed by atoms with Gasteiger partial charge in [-0.25, -0.2) is 4.99 Å². The Bertz CT molecular complexity index is 1190. The first-order valence-corrected chi connectivity index (χ1v) is 12.7. The topological polar surface area (TPSA) is 102 Å². The van der Waals surface area contributed by atoms with Crippen LogP contribution in [0.4, 0.5) is 5.69 Å². The van der Waals surface area contributed by atoms with Crippen LogP contribution in [0.15, 0.2) is 41.1 Å². The lowest BCUT2D eigenvalue weighted by molar-refractivity contribution is -0.118. The second-order valence-corrected chi connectivity index (χ2v) is 8.78. The summed E-state index contributed by atoms with van der Waals surface area (Å²) in [6, 6.07) is 9.15. The van der Waals surface area contributed by atoms with Crippen LogP contribution in [0.2, 0.25) is 0 Å². The number of aliphatic hydroxyl groups is 1. The van der Waals surface area contributed by atoms with E-state index in [0.29, 0.717) is 36.3 Å². The summed E-state index contributed by atoms with van der Waals surface area (Å²) in [5.74, 6) is -1.64. The molecule has 1 aliphatic carbocycles. The highest BCUT2D eigenvalue weighted by Crippen LogP contribution is 2.31. The van der Waals surface area contributed by atoms with Gasteiger partial charge in [0.25, 0.3) is 0 Å². The van der Waals surface area contributed by atoms with Crippen LogP contribution < -0.4 is 5.32 Å². The van der Waals surface area contributed by atoms with E-state index in [4.69, 9.17) is 0 Å². The highest BCUT2D eigenvalue weighted by Gasteiger charge is 2.27. The number of rotatable bonds is 11. The van der Waals surface area contributed by atoms with Crippen molar-refractivity contribution in [2.75, 3.05) is 44.6 Å². The minimum absolute atomic E-state index is 0.0703. The van der Waals surface area contributed by atoms with Gasteiger partial charge in [0.05, 0.1) is 0 Å². The molecule has 0 unspecified atom stereocenters. The van der Waals surface area contributed by atoms with Crippen molar-refractivity contribution in [2.24, 2.45) is 4.99 Å². The summed E-state index contributed by atoms with van der Waals surface area (Å²) in [7, 11) is 0. The van der Waals surface area contributed by atoms with Crippen molar-refractivity contribution < 1.29 is 19.5 Å². The largest absolute Gasteiger partial charge is 0.504 e. The Kier molecular flexibility index (Phi) is 9.50. The van der Waals surface area contributed by atoms with Crippen molar-refractivity contribution in [1.29, 1.82) is 0 Å². The second-order valence-electron chi connectivity index (χ2n) is 8.78. The van der Waals surface area contributed by atoms with Gasteiger partial charge in [-0.15, -0.1) is 0 Å². The lowest BCUT2D eigenvalue weighted by atomic mass is 9.90. The number of carbonyl (C=O) groups is 3. The number of fused-ring (bicyclic) bond motifs is 2. The fraction of sp³-hybridized carbons (Fsp3) is 0.429. The van der Waals surface area contributed by atoms with Crippen LogP contribution in [-0.4, -0.2) is 77.5 Å². The van der Waals surface area contributed by atoms with Crippen LogP contribution >= 0.6 is 0 Å². The van der Waals surface area contributed by atoms with E-state index in [9.17, 15) is 19.5 Å². The number of carbonyl (C=O) groups excluding carboxylic acids is 3. The number of allylic oxidation sites excluding steroid dienone is 1. The molecule has 2 amide bonds. The Balaban J connectivity index is 1.93. The van der Waals surface area contributed by atoms with Crippen LogP contribution in [0.3, 0.4) is 0 Å². The molecule has 1 aliphatic rings. The van der Waals surface area contributed by atoms with E-state index in [1.165, 1.54) is 6.08 Å². The van der Waals surface area contributed by atoms with Crippen molar-refractivity contribution in [1.82, 2.24) is 9.80 Å². The van der Waals surface area contributed by atoms with Crippen molar-refractivity contribution in [3.8, 4) is 0 Å². The van der Waals surface area contributed by atoms with Gasteiger partial charge in [0.15, 0.2) is 5.76 Å². The predicted octanol–water partition coefficient (Wildman–Crippen LogP) is 4.04. The number of aliphatic hydroxyl groups excluding tert-OH is 1. The average Bonchev–Trinajstić information content (AvgIpc) is 2.87. The zero-order chi connectivity index (χ0) is 26.2. The molecule has 0 aromatic heterocycles. The first-order valence-electron chi connectivity index (χ1n) is 12.7. The van der Waals surface area contributed by atoms with E-state index in [1.54, 1.807) is 6.07 Å². The molecule has 2 aromatic carbocycles. The average molecular weight is 493 g/mol. The first-order chi connectivity index (χ1) is 17.3. The maximum atomic E-state index is 12.8. The molecule has 0 bridgehead atoms. The van der Waals surface area contributed by atoms with Gasteiger partial charge in [0.1, 0.15) is 5.71 Å². The second kappa shape index (κ2) is 12.6. The predicted molar refractivity (Wildman–Crippen MR) is 145 cm³/mol. The smallest absolute Gasteiger partial charge is 0.247 e. The number of anilines is 1. The van der Waals surface area contributed by atoms with Crippen LogP contribution in [0.5, 0.6) is 0 Å². The zero-order valence-corrected chi connectivity index (χ0v) is 21.6. The number of benzene rings is 2. The molecule has 0 spiro atoms. The number of hydrogen-bond acceptors (Lipinski definition) is 6. The fourth-order valence-corrected chi connectivity index (χ4v) is 4.33. The number of amides is 2. The van der Waals surface area contributed by atoms with Crippen LogP contribution in [0, 0.1) is 0 Å². The molecule has 3 rings (SSSR count). The number of nitrogens with one attached hydrogen (secondary N) is 1. The number of nitrogens with zero attached hydrogens (tertiary/aromatic N) is 3. The summed E-state index contributed by atoms with van der Waals surface area (Å²) < 4.78 is 0. The van der Waals surface area contributed by atoms with E-state index < -0.39 is 17.4 Å². The van der Waals surface area contributed by atoms with Crippen molar-refractivity contribution >= 4 is 45.8 Å². The Hall–Kier alpha value is -3.36. The summed E-state index contributed by atoms with van der Waals surface area (Å²) in [5, 5.41) is 14.8. The first kappa shape index (κ1) is 27.2. The van der Waals surface area contributed by atoms with Crippen molar-refractivity contribution in [3.63, 3.8) is 0 Å². The molecule has 2 N–H and O–H groups in total. The molecule has 0 aliphatic heterocycles. The van der Waals surface area contributed by atoms with Gasteiger partial charge in [-0.05, 0) is 61.4 Å². The molecule has 0 saturated carbocycles. The molecule has 0 heterocycles. The summed E-state index contributed by atoms with van der Waals surface area (Å²) >= 11 is 0. The van der Waals surface area contributed by atoms with Crippen LogP contribution in [-0.2, 0) is 14.4 Å². The Labute approximate surface area is 212 Å². The Morgan fingerprint density at radius 2 is 1.58 bits per heavy atom. The standard InChI is InChI=1S/C28H36N4O4/c1-5-31(6-2)14-12-25(34)29-23-11-9-10-19-16-20-17-24(33)28(36)27(22(20)18-21(19)23)30-26(35)13-15-32(7-3)8-4/h9-11,16-18,33H,5-8,12-15H2,1-4H3,(H,29,34). The third-order valence-corrected chi connectivity index (χ3v) is 6.64. The highest BCUT2D eigenvalue weighted by atomic mass is 16.3. The van der Waals surface area contributed by atoms with Gasteiger partial charge < -0.3 is 20.2 Å². The zero-order valence-electron chi connectivity index (χ0n) is 21.6. The summed E-state index contributed by atoms with van der Waals surface area (Å²) in [5.41, 5.74) is 1.61. The molecule has 8 heteroatoms. The Morgan fingerprint density at radius 3 is 2.22 bits per heavy atom. The maximum absolute atomic E-state index is 12.8. The minimum Gasteiger partial charge on any atom is -0.504 e. The van der Waals surface area contributed by atoms with E-state index in [0.717, 1.165) is 37.0 Å². The third kappa shape index (κ3) is 6.44. The van der Waals surface area contributed by atoms with Crippen LogP contribution in [0.25, 0.3) is 16.8 Å². The molecular weight excluding hydrogens is 456 g/mol. The summed E-state index contributed by atoms with van der Waals surface area (Å²) in [6.07, 6.45) is 1.94. The molecule has 0 atom stereocenters. The van der Waals surface area contributed by atoms with E-state index in [-0.39, 0.29) is 18.0 Å². The lowest BCUT2D eigenvalue weighted by Gasteiger charge is -2.19. The minimum atomic E-state index is -0.682. The monoisotopic (exact) mass is 492 g/mol. The van der Waals surface area contributed by atoms with Gasteiger partial charge in [-0.3, -0.25) is 14.4 Å². The van der Waals surface area contributed by atoms with Crippen LogP contribution in [0.1, 0.15) is 51.7 Å². The number of aliphatic imine (C=N–C) groups is 1. The molecule has 8 nitrogen and oxygen atoms in total. The molecular formula is C28H36N4O4. The molecule has 0 fully saturated rings. The number of Topliss-reactive ketones (excluding diaryl/α,β-unsaturated/α-hetero) is 1. The normalized spacial score (nSPS) is 14.4. The number of hydrogen-bond donors (Lipinski definition) is 2. The molecule has 192 valence electrons. The summed E-state index contributed by atoms with van der Waals surface area (Å²) in [4.78, 5) is 46.5. The fourth-order valence-electron chi connectivity index (χ4n) is 4.33. The van der Waals surface area contributed by atoms with Gasteiger partial charge in [0, 0.05) is 42.6 Å². The SMILES string of the molecule is CCN(CC)CCC(=O)N=C1C(=O)C(O)=Cc2cc3cccc(NC(=O)CCN(CC)CC)c3cc21. The maximum Gasteiger partial charge on any atom is 0.247 e. The molecule has 2 aromatic rings. The Morgan fingerprint density at radius 1 is 0.944 bits per heavy atom. The van der Waals surface area contributed by atoms with Crippen molar-refractivity contribution in [3.05, 3.63) is 47.2 Å². The van der Waals surface area contributed by atoms with E-state index in [1.807, 2.05) is 38.1 Å². The quantitative estimate of drug-likeness (QED) is 0.491. The summed E-state index contributed by atoms with van der Waals surface area (Å²) in [6.45, 7) is 12.8. The third-order valence-electron chi connectivity index (χ3n) is 6.64. The van der Waals surface area contributed by atoms with E-state index in [2.05, 4.69) is 34.0 Å². The van der Waals surface area contributed by atoms with Crippen molar-refractivity contribution in [2.45, 2.75) is 40.5 Å². The van der Waals surface area contributed by atoms with Gasteiger partial charge in [0.2, 0.25) is 17.6 Å². The van der Waals surface area contributed by atoms with Gasteiger partial charge >= 0.3 is 0 Å². The molecule has 0 radical (unpaired) electrons. The highest BCUT2D eigenvalue weighted by molar-refractivity contribution is 6.54. The molecule has 36 heavy (non-hydrogen) atoms. The number of ketones is 1. The van der Waals surface area contributed by atoms with Gasteiger partial charge in [-0.2, -0.15) is 0 Å². The molecule has 0 saturated heterocycles. The lowest BCUT2D eigenvalue weighted by Crippen LogP contribution is -2.27. The van der Waals surface area contributed by atoms with Gasteiger partial charge in [-0.1, -0.05) is 39.8 Å². The van der Waals surface area contributed by atoms with E-state index >= 15 is 0 Å².